The first kappa shape index (κ1) is 17.0. The van der Waals surface area contributed by atoms with Crippen molar-refractivity contribution in [1.29, 1.82) is 0 Å². The predicted octanol–water partition coefficient (Wildman–Crippen LogP) is 1.77. The van der Waals surface area contributed by atoms with Gasteiger partial charge in [-0.1, -0.05) is 17.9 Å². The predicted molar refractivity (Wildman–Crippen MR) is 102 cm³/mol. The molecule has 3 aliphatic rings. The number of piperazine rings is 1. The van der Waals surface area contributed by atoms with Crippen LogP contribution in [-0.2, 0) is 6.42 Å². The van der Waals surface area contributed by atoms with Gasteiger partial charge in [-0.3, -0.25) is 4.90 Å². The normalized spacial score (nSPS) is 20.9. The quantitative estimate of drug-likeness (QED) is 0.843. The van der Waals surface area contributed by atoms with Gasteiger partial charge < -0.3 is 14.7 Å². The van der Waals surface area contributed by atoms with E-state index in [0.29, 0.717) is 17.6 Å². The number of hydrogen-bond acceptors (Lipinski definition) is 6. The highest BCUT2D eigenvalue weighted by atomic mass is 16.5. The smallest absolute Gasteiger partial charge is 0.225 e. The second-order valence-corrected chi connectivity index (χ2v) is 6.81. The molecule has 0 spiro atoms. The van der Waals surface area contributed by atoms with Gasteiger partial charge in [0.2, 0.25) is 5.96 Å². The van der Waals surface area contributed by atoms with Gasteiger partial charge in [0.25, 0.3) is 0 Å². The molecule has 0 amide bonds. The molecule has 1 aromatic rings. The van der Waals surface area contributed by atoms with E-state index in [0.717, 1.165) is 45.0 Å². The number of rotatable bonds is 3. The molecule has 1 atom stereocenters. The molecule has 26 heavy (non-hydrogen) atoms. The molecule has 0 radical (unpaired) electrons. The molecule has 0 aliphatic carbocycles. The third-order valence-electron chi connectivity index (χ3n) is 5.28. The second-order valence-electron chi connectivity index (χ2n) is 6.81. The Hall–Kier alpha value is -2.40. The summed E-state index contributed by atoms with van der Waals surface area (Å²) in [4.78, 5) is 13.4. The van der Waals surface area contributed by atoms with Crippen molar-refractivity contribution in [1.82, 2.24) is 9.80 Å². The van der Waals surface area contributed by atoms with Gasteiger partial charge in [-0.05, 0) is 24.1 Å². The molecule has 0 bridgehead atoms. The molecule has 4 rings (SSSR count). The van der Waals surface area contributed by atoms with Crippen molar-refractivity contribution in [2.24, 2.45) is 9.98 Å². The zero-order valence-corrected chi connectivity index (χ0v) is 15.1. The number of hydrogen-bond donors (Lipinski definition) is 1. The van der Waals surface area contributed by atoms with Crippen molar-refractivity contribution in [3.8, 4) is 5.75 Å². The maximum Gasteiger partial charge on any atom is 0.225 e. The maximum absolute atomic E-state index is 9.18. The van der Waals surface area contributed by atoms with Crippen LogP contribution in [0.25, 0.3) is 0 Å². The van der Waals surface area contributed by atoms with E-state index < -0.39 is 0 Å². The lowest BCUT2D eigenvalue weighted by molar-refractivity contribution is 0.140. The maximum atomic E-state index is 9.18. The van der Waals surface area contributed by atoms with E-state index in [1.165, 1.54) is 11.1 Å². The van der Waals surface area contributed by atoms with Crippen LogP contribution in [0.5, 0.6) is 5.75 Å². The van der Waals surface area contributed by atoms with Gasteiger partial charge in [-0.25, -0.2) is 9.98 Å². The van der Waals surface area contributed by atoms with Crippen LogP contribution < -0.4 is 4.74 Å². The molecule has 6 heteroatoms. The fourth-order valence-electron chi connectivity index (χ4n) is 3.59. The SMILES string of the molecule is CC(c1ccc2c(c1)OCC2)N1CCN(C2=NC=C=C(CO)C=N2)CC1. The molecule has 1 N–H and O–H groups in total. The molecule has 3 heterocycles. The summed E-state index contributed by atoms with van der Waals surface area (Å²) >= 11 is 0. The molecule has 1 unspecified atom stereocenters. The van der Waals surface area contributed by atoms with E-state index in [1.807, 2.05) is 0 Å². The largest absolute Gasteiger partial charge is 0.493 e. The molecule has 1 aromatic carbocycles. The minimum atomic E-state index is -0.0708. The van der Waals surface area contributed by atoms with Crippen molar-refractivity contribution >= 4 is 12.2 Å². The third kappa shape index (κ3) is 3.44. The topological polar surface area (TPSA) is 60.7 Å². The first-order valence-corrected chi connectivity index (χ1v) is 9.16. The number of fused-ring (bicyclic) bond motifs is 1. The minimum Gasteiger partial charge on any atom is -0.493 e. The zero-order chi connectivity index (χ0) is 17.9. The van der Waals surface area contributed by atoms with Crippen LogP contribution >= 0.6 is 0 Å². The standard InChI is InChI=1S/C20H24N4O2/c1-15(18-3-2-17-5-11-26-19(17)12-18)23-7-9-24(10-8-23)20-21-6-4-16(14-25)13-22-20/h2-3,6,12-13,15,25H,5,7-11,14H2,1H3. The van der Waals surface area contributed by atoms with Gasteiger partial charge in [0.1, 0.15) is 5.75 Å². The molecule has 136 valence electrons. The molecular weight excluding hydrogens is 328 g/mol. The van der Waals surface area contributed by atoms with Crippen LogP contribution in [0.15, 0.2) is 45.7 Å². The van der Waals surface area contributed by atoms with Gasteiger partial charge in [0.05, 0.1) is 19.4 Å². The summed E-state index contributed by atoms with van der Waals surface area (Å²) in [6, 6.07) is 6.99. The second kappa shape index (κ2) is 7.46. The summed E-state index contributed by atoms with van der Waals surface area (Å²) in [6.45, 7) is 6.66. The third-order valence-corrected chi connectivity index (χ3v) is 5.28. The van der Waals surface area contributed by atoms with Gasteiger partial charge in [0.15, 0.2) is 0 Å². The van der Waals surface area contributed by atoms with Crippen molar-refractivity contribution in [3.63, 3.8) is 0 Å². The number of nitrogens with zero attached hydrogens (tertiary/aromatic N) is 4. The lowest BCUT2D eigenvalue weighted by Crippen LogP contribution is -2.48. The average molecular weight is 352 g/mol. The van der Waals surface area contributed by atoms with E-state index in [4.69, 9.17) is 4.74 Å². The molecule has 1 fully saturated rings. The number of benzene rings is 1. The van der Waals surface area contributed by atoms with Crippen molar-refractivity contribution in [2.45, 2.75) is 19.4 Å². The highest BCUT2D eigenvalue weighted by Crippen LogP contribution is 2.31. The molecule has 0 aromatic heterocycles. The number of guanidine groups is 1. The first-order valence-electron chi connectivity index (χ1n) is 9.16. The molecule has 6 nitrogen and oxygen atoms in total. The zero-order valence-electron chi connectivity index (χ0n) is 15.1. The Bertz CT molecular complexity index is 800. The van der Waals surface area contributed by atoms with Gasteiger partial charge in [0, 0.05) is 50.4 Å². The summed E-state index contributed by atoms with van der Waals surface area (Å²) < 4.78 is 5.72. The van der Waals surface area contributed by atoms with Crippen LogP contribution in [0, 0.1) is 0 Å². The van der Waals surface area contributed by atoms with Crippen LogP contribution in [0.3, 0.4) is 0 Å². The average Bonchev–Trinajstić information content (AvgIpc) is 3.03. The fourth-order valence-corrected chi connectivity index (χ4v) is 3.59. The Labute approximate surface area is 153 Å². The Kier molecular flexibility index (Phi) is 4.89. The Morgan fingerprint density at radius 1 is 1.27 bits per heavy atom. The van der Waals surface area contributed by atoms with E-state index in [1.54, 1.807) is 12.4 Å². The highest BCUT2D eigenvalue weighted by molar-refractivity contribution is 5.94. The molecule has 0 saturated carbocycles. The number of aliphatic imine (C=N–C) groups is 2. The lowest BCUT2D eigenvalue weighted by atomic mass is 10.0. The van der Waals surface area contributed by atoms with E-state index in [-0.39, 0.29) is 6.61 Å². The van der Waals surface area contributed by atoms with E-state index in [9.17, 15) is 5.11 Å². The Balaban J connectivity index is 1.38. The Morgan fingerprint density at radius 2 is 2.12 bits per heavy atom. The van der Waals surface area contributed by atoms with Crippen LogP contribution in [-0.4, -0.2) is 66.5 Å². The van der Waals surface area contributed by atoms with Crippen LogP contribution in [0.4, 0.5) is 0 Å². The van der Waals surface area contributed by atoms with Crippen molar-refractivity contribution < 1.29 is 9.84 Å². The molecule has 1 saturated heterocycles. The minimum absolute atomic E-state index is 0.0708. The molecule has 3 aliphatic heterocycles. The Morgan fingerprint density at radius 3 is 2.92 bits per heavy atom. The first-order chi connectivity index (χ1) is 12.7. The van der Waals surface area contributed by atoms with Crippen LogP contribution in [0.1, 0.15) is 24.1 Å². The summed E-state index contributed by atoms with van der Waals surface area (Å²) in [5.74, 6) is 1.74. The van der Waals surface area contributed by atoms with E-state index in [2.05, 4.69) is 50.6 Å². The van der Waals surface area contributed by atoms with Gasteiger partial charge in [-0.2, -0.15) is 0 Å². The number of ether oxygens (including phenoxy) is 1. The monoisotopic (exact) mass is 352 g/mol. The lowest BCUT2D eigenvalue weighted by Gasteiger charge is -2.38. The van der Waals surface area contributed by atoms with E-state index >= 15 is 0 Å². The summed E-state index contributed by atoms with van der Waals surface area (Å²) in [7, 11) is 0. The van der Waals surface area contributed by atoms with Gasteiger partial charge in [-0.15, -0.1) is 0 Å². The highest BCUT2D eigenvalue weighted by Gasteiger charge is 2.25. The molecular formula is C20H24N4O2. The summed E-state index contributed by atoms with van der Waals surface area (Å²) in [5.41, 5.74) is 6.20. The fraction of sp³-hybridized carbons (Fsp3) is 0.450. The van der Waals surface area contributed by atoms with Crippen LogP contribution in [0.2, 0.25) is 0 Å². The van der Waals surface area contributed by atoms with Gasteiger partial charge >= 0.3 is 0 Å². The number of aliphatic hydroxyl groups excluding tert-OH is 1. The number of aliphatic hydroxyl groups is 1. The summed E-state index contributed by atoms with van der Waals surface area (Å²) in [6.07, 6.45) is 4.25. The summed E-state index contributed by atoms with van der Waals surface area (Å²) in [5, 5.41) is 9.18. The van der Waals surface area contributed by atoms with Crippen molar-refractivity contribution in [3.05, 3.63) is 46.8 Å². The van der Waals surface area contributed by atoms with Crippen molar-refractivity contribution in [2.75, 3.05) is 39.4 Å².